The molecule has 0 radical (unpaired) electrons. The fraction of sp³-hybridized carbons (Fsp3) is 0.857. The lowest BCUT2D eigenvalue weighted by atomic mass is 9.67. The first-order valence-corrected chi connectivity index (χ1v) is 7.76. The summed E-state index contributed by atoms with van der Waals surface area (Å²) in [4.78, 5) is 17.1. The van der Waals surface area contributed by atoms with E-state index in [0.717, 1.165) is 52.2 Å². The molecular formula is C14H24N4O3. The molecule has 2 aliphatic heterocycles. The average Bonchev–Trinajstić information content (AvgIpc) is 2.96. The van der Waals surface area contributed by atoms with E-state index in [4.69, 9.17) is 15.7 Å². The number of likely N-dealkylation sites (tertiary alicyclic amines) is 1. The van der Waals surface area contributed by atoms with Gasteiger partial charge >= 0.3 is 0 Å². The lowest BCUT2D eigenvalue weighted by Crippen LogP contribution is -2.55. The van der Waals surface area contributed by atoms with Gasteiger partial charge in [-0.1, -0.05) is 11.6 Å². The van der Waals surface area contributed by atoms with Crippen LogP contribution < -0.4 is 5.73 Å². The third-order valence-corrected chi connectivity index (χ3v) is 5.23. The van der Waals surface area contributed by atoms with Gasteiger partial charge in [-0.3, -0.25) is 9.69 Å². The van der Waals surface area contributed by atoms with Crippen LogP contribution in [0.2, 0.25) is 0 Å². The van der Waals surface area contributed by atoms with Crippen molar-refractivity contribution in [3.8, 4) is 0 Å². The van der Waals surface area contributed by atoms with Gasteiger partial charge in [0.1, 0.15) is 5.41 Å². The Hall–Kier alpha value is -1.34. The molecule has 0 spiro atoms. The summed E-state index contributed by atoms with van der Waals surface area (Å²) >= 11 is 0. The molecule has 0 aromatic carbocycles. The number of hydrogen-bond donors (Lipinski definition) is 2. The molecule has 3 aliphatic rings. The Kier molecular flexibility index (Phi) is 4.03. The van der Waals surface area contributed by atoms with E-state index in [1.54, 1.807) is 0 Å². The Morgan fingerprint density at radius 1 is 1.29 bits per heavy atom. The summed E-state index contributed by atoms with van der Waals surface area (Å²) in [5, 5.41) is 12.1. The number of rotatable bonds is 3. The quantitative estimate of drug-likeness (QED) is 0.327. The van der Waals surface area contributed by atoms with Crippen LogP contribution in [-0.2, 0) is 9.53 Å². The number of morpholine rings is 1. The van der Waals surface area contributed by atoms with Crippen LogP contribution in [0, 0.1) is 5.41 Å². The highest BCUT2D eigenvalue weighted by Gasteiger charge is 2.51. The fourth-order valence-electron chi connectivity index (χ4n) is 3.68. The van der Waals surface area contributed by atoms with E-state index in [0.29, 0.717) is 18.9 Å². The Bertz CT molecular complexity index is 430. The molecule has 0 aromatic heterocycles. The summed E-state index contributed by atoms with van der Waals surface area (Å²) in [6.07, 6.45) is 3.35. The van der Waals surface area contributed by atoms with Gasteiger partial charge in [0.2, 0.25) is 5.91 Å². The van der Waals surface area contributed by atoms with E-state index in [2.05, 4.69) is 10.1 Å². The summed E-state index contributed by atoms with van der Waals surface area (Å²) in [6, 6.07) is 0.419. The minimum Gasteiger partial charge on any atom is -0.409 e. The van der Waals surface area contributed by atoms with Crippen LogP contribution in [0.3, 0.4) is 0 Å². The second kappa shape index (κ2) is 5.81. The van der Waals surface area contributed by atoms with Crippen molar-refractivity contribution in [2.24, 2.45) is 16.3 Å². The molecule has 0 aromatic rings. The fourth-order valence-corrected chi connectivity index (χ4v) is 3.68. The van der Waals surface area contributed by atoms with Crippen molar-refractivity contribution in [3.05, 3.63) is 0 Å². The van der Waals surface area contributed by atoms with Crippen molar-refractivity contribution in [2.75, 3.05) is 39.4 Å². The number of nitrogens with zero attached hydrogens (tertiary/aromatic N) is 3. The van der Waals surface area contributed by atoms with Gasteiger partial charge in [0.15, 0.2) is 5.84 Å². The van der Waals surface area contributed by atoms with Gasteiger partial charge in [0.05, 0.1) is 13.2 Å². The SMILES string of the molecule is NC(=NO)C1(C(=O)N2CCC(N3CCOCC3)C2)CCC1. The first kappa shape index (κ1) is 14.6. The highest BCUT2D eigenvalue weighted by molar-refractivity contribution is 6.07. The maximum absolute atomic E-state index is 12.8. The molecule has 3 fully saturated rings. The van der Waals surface area contributed by atoms with Crippen LogP contribution in [0.1, 0.15) is 25.7 Å². The van der Waals surface area contributed by atoms with Crippen LogP contribution in [0.4, 0.5) is 0 Å². The van der Waals surface area contributed by atoms with Crippen LogP contribution in [0.25, 0.3) is 0 Å². The molecule has 1 amide bonds. The number of nitrogens with two attached hydrogens (primary N) is 1. The summed E-state index contributed by atoms with van der Waals surface area (Å²) in [6.45, 7) is 4.95. The van der Waals surface area contributed by atoms with Gasteiger partial charge < -0.3 is 20.6 Å². The third-order valence-electron chi connectivity index (χ3n) is 5.23. The zero-order valence-corrected chi connectivity index (χ0v) is 12.3. The molecule has 2 heterocycles. The highest BCUT2D eigenvalue weighted by atomic mass is 16.5. The molecule has 7 heteroatoms. The molecule has 3 N–H and O–H groups in total. The van der Waals surface area contributed by atoms with Crippen molar-refractivity contribution in [2.45, 2.75) is 31.7 Å². The molecule has 1 unspecified atom stereocenters. The number of hydrogen-bond acceptors (Lipinski definition) is 5. The Morgan fingerprint density at radius 2 is 2.00 bits per heavy atom. The van der Waals surface area contributed by atoms with Crippen LogP contribution in [0.15, 0.2) is 5.16 Å². The van der Waals surface area contributed by atoms with Crippen LogP contribution >= 0.6 is 0 Å². The summed E-state index contributed by atoms with van der Waals surface area (Å²) in [5.74, 6) is 0.119. The van der Waals surface area contributed by atoms with Crippen molar-refractivity contribution < 1.29 is 14.7 Å². The molecule has 7 nitrogen and oxygen atoms in total. The first-order valence-electron chi connectivity index (χ1n) is 7.76. The topological polar surface area (TPSA) is 91.4 Å². The van der Waals surface area contributed by atoms with Crippen molar-refractivity contribution in [1.29, 1.82) is 0 Å². The van der Waals surface area contributed by atoms with Crippen LogP contribution in [-0.4, -0.2) is 72.2 Å². The normalized spacial score (nSPS) is 30.2. The molecule has 3 rings (SSSR count). The first-order chi connectivity index (χ1) is 10.2. The largest absolute Gasteiger partial charge is 0.409 e. The Morgan fingerprint density at radius 3 is 2.57 bits per heavy atom. The number of carbonyl (C=O) groups excluding carboxylic acids is 1. The number of amides is 1. The third kappa shape index (κ3) is 2.48. The number of carbonyl (C=O) groups is 1. The van der Waals surface area contributed by atoms with Crippen molar-refractivity contribution in [1.82, 2.24) is 9.80 Å². The second-order valence-electron chi connectivity index (χ2n) is 6.26. The molecule has 21 heavy (non-hydrogen) atoms. The molecule has 2 saturated heterocycles. The van der Waals surface area contributed by atoms with Gasteiger partial charge in [-0.25, -0.2) is 0 Å². The van der Waals surface area contributed by atoms with E-state index in [9.17, 15) is 4.79 Å². The maximum Gasteiger partial charge on any atom is 0.236 e. The molecule has 1 atom stereocenters. The van der Waals surface area contributed by atoms with E-state index in [1.807, 2.05) is 4.90 Å². The van der Waals surface area contributed by atoms with Crippen molar-refractivity contribution in [3.63, 3.8) is 0 Å². The van der Waals surface area contributed by atoms with Gasteiger partial charge in [0.25, 0.3) is 0 Å². The number of oxime groups is 1. The summed E-state index contributed by atoms with van der Waals surface area (Å²) in [5.41, 5.74) is 5.04. The maximum atomic E-state index is 12.8. The van der Waals surface area contributed by atoms with E-state index >= 15 is 0 Å². The number of amidine groups is 1. The Balaban J connectivity index is 1.64. The standard InChI is InChI=1S/C14H24N4O3/c15-12(16-20)14(3-1-4-14)13(19)18-5-2-11(10-18)17-6-8-21-9-7-17/h11,20H,1-10H2,(H2,15,16). The Labute approximate surface area is 124 Å². The van der Waals surface area contributed by atoms with Gasteiger partial charge in [-0.2, -0.15) is 0 Å². The predicted molar refractivity (Wildman–Crippen MR) is 77.1 cm³/mol. The minimum atomic E-state index is -0.741. The number of ether oxygens (including phenoxy) is 1. The zero-order valence-electron chi connectivity index (χ0n) is 12.3. The molecule has 0 bridgehead atoms. The molecule has 118 valence electrons. The van der Waals surface area contributed by atoms with Crippen molar-refractivity contribution >= 4 is 11.7 Å². The lowest BCUT2D eigenvalue weighted by Gasteiger charge is -2.41. The minimum absolute atomic E-state index is 0.0415. The monoisotopic (exact) mass is 296 g/mol. The van der Waals surface area contributed by atoms with Gasteiger partial charge in [-0.05, 0) is 19.3 Å². The molecule has 1 aliphatic carbocycles. The summed E-state index contributed by atoms with van der Waals surface area (Å²) in [7, 11) is 0. The van der Waals surface area contributed by atoms with Gasteiger partial charge in [-0.15, -0.1) is 0 Å². The van der Waals surface area contributed by atoms with E-state index in [-0.39, 0.29) is 11.7 Å². The van der Waals surface area contributed by atoms with E-state index < -0.39 is 5.41 Å². The molecular weight excluding hydrogens is 272 g/mol. The molecule has 1 saturated carbocycles. The lowest BCUT2D eigenvalue weighted by molar-refractivity contribution is -0.141. The predicted octanol–water partition coefficient (Wildman–Crippen LogP) is -0.164. The summed E-state index contributed by atoms with van der Waals surface area (Å²) < 4.78 is 5.38. The van der Waals surface area contributed by atoms with E-state index in [1.165, 1.54) is 0 Å². The second-order valence-corrected chi connectivity index (χ2v) is 6.26. The van der Waals surface area contributed by atoms with Gasteiger partial charge in [0, 0.05) is 32.2 Å². The zero-order chi connectivity index (χ0) is 14.9. The average molecular weight is 296 g/mol. The highest BCUT2D eigenvalue weighted by Crippen LogP contribution is 2.43. The van der Waals surface area contributed by atoms with Crippen LogP contribution in [0.5, 0.6) is 0 Å². The smallest absolute Gasteiger partial charge is 0.236 e.